The van der Waals surface area contributed by atoms with Crippen molar-refractivity contribution in [3.63, 3.8) is 0 Å². The van der Waals surface area contributed by atoms with Gasteiger partial charge in [0.25, 0.3) is 0 Å². The molecule has 3 heterocycles. The third-order valence-corrected chi connectivity index (χ3v) is 8.49. The van der Waals surface area contributed by atoms with Crippen molar-refractivity contribution in [1.29, 1.82) is 0 Å². The van der Waals surface area contributed by atoms with Gasteiger partial charge in [0.15, 0.2) is 5.82 Å². The Morgan fingerprint density at radius 1 is 1.13 bits per heavy atom. The number of piperazine rings is 1. The van der Waals surface area contributed by atoms with E-state index in [4.69, 9.17) is 20.1 Å². The van der Waals surface area contributed by atoms with Crippen molar-refractivity contribution in [1.82, 2.24) is 29.0 Å². The van der Waals surface area contributed by atoms with Gasteiger partial charge in [-0.25, -0.2) is 28.8 Å². The first kappa shape index (κ1) is 30.0. The summed E-state index contributed by atoms with van der Waals surface area (Å²) in [6, 6.07) is 4.85. The van der Waals surface area contributed by atoms with Gasteiger partial charge in [-0.05, 0) is 52.4 Å². The topological polar surface area (TPSA) is 177 Å². The minimum atomic E-state index is -3.78. The summed E-state index contributed by atoms with van der Waals surface area (Å²) in [5, 5.41) is 29.9. The van der Waals surface area contributed by atoms with E-state index in [1.807, 2.05) is 34.7 Å². The molecule has 2 N–H and O–H groups in total. The summed E-state index contributed by atoms with van der Waals surface area (Å²) in [5.74, 6) is 0.0968. The van der Waals surface area contributed by atoms with Crippen molar-refractivity contribution in [2.45, 2.75) is 57.5 Å². The predicted molar refractivity (Wildman–Crippen MR) is 139 cm³/mol. The van der Waals surface area contributed by atoms with E-state index >= 15 is 0 Å². The second kappa shape index (κ2) is 12.1. The van der Waals surface area contributed by atoms with E-state index in [9.17, 15) is 13.5 Å². The molecule has 39 heavy (non-hydrogen) atoms. The zero-order valence-electron chi connectivity index (χ0n) is 22.9. The minimum Gasteiger partial charge on any atom is -0.857 e. The second-order valence-electron chi connectivity index (χ2n) is 9.40. The molecule has 0 saturated carbocycles. The number of benzene rings is 1. The van der Waals surface area contributed by atoms with Crippen LogP contribution in [0, 0.1) is 4.91 Å². The van der Waals surface area contributed by atoms with Crippen LogP contribution < -0.4 is 9.84 Å². The number of hydrogen-bond donors (Lipinski definition) is 2. The van der Waals surface area contributed by atoms with Gasteiger partial charge in [-0.1, -0.05) is 13.3 Å². The average Bonchev–Trinajstić information content (AvgIpc) is 3.17. The van der Waals surface area contributed by atoms with E-state index in [-0.39, 0.29) is 22.8 Å². The maximum atomic E-state index is 13.6. The van der Waals surface area contributed by atoms with Gasteiger partial charge in [-0.15, -0.1) is 0 Å². The fourth-order valence-electron chi connectivity index (χ4n) is 4.56. The lowest BCUT2D eigenvalue weighted by Crippen LogP contribution is -2.56. The molecule has 3 aromatic rings. The number of sulfonamides is 1. The molecular weight excluding hydrogens is 530 g/mol. The number of likely N-dealkylation sites (N-methyl/N-ethyl adjacent to an activating group) is 1. The van der Waals surface area contributed by atoms with Crippen LogP contribution in [0.3, 0.4) is 0 Å². The zero-order valence-corrected chi connectivity index (χ0v) is 23.7. The lowest BCUT2D eigenvalue weighted by Gasteiger charge is -2.41. The van der Waals surface area contributed by atoms with Gasteiger partial charge in [-0.3, -0.25) is 9.58 Å². The normalized spacial score (nSPS) is 18.5. The molecule has 15 heteroatoms. The third kappa shape index (κ3) is 6.37. The highest BCUT2D eigenvalue weighted by atomic mass is 32.2. The van der Waals surface area contributed by atoms with Crippen LogP contribution in [-0.4, -0.2) is 91.7 Å². The van der Waals surface area contributed by atoms with Crippen LogP contribution in [0.1, 0.15) is 39.8 Å². The highest BCUT2D eigenvalue weighted by Gasteiger charge is 2.35. The summed E-state index contributed by atoms with van der Waals surface area (Å²) in [6.07, 6.45) is 1.51. The highest BCUT2D eigenvalue weighted by Crippen LogP contribution is 2.35. The van der Waals surface area contributed by atoms with E-state index < -0.39 is 21.0 Å². The number of ether oxygens (including phenoxy) is 1. The SMILES string of the molecule is CCCc1nn(C)c2c([O-])nc(-c3cc(S(=O)(=O)N4C[C@@H](C)N(C)[C@@H](C)C4)ccc3OCC)nc12.O=[N+](O)O. The average molecular weight is 566 g/mol. The lowest BCUT2D eigenvalue weighted by atomic mass is 10.1. The summed E-state index contributed by atoms with van der Waals surface area (Å²) in [5.41, 5.74) is 1.91. The molecule has 2 atom stereocenters. The molecule has 1 fully saturated rings. The highest BCUT2D eigenvalue weighted by molar-refractivity contribution is 7.89. The molecule has 0 amide bonds. The van der Waals surface area contributed by atoms with Crippen LogP contribution in [0.4, 0.5) is 0 Å². The first-order chi connectivity index (χ1) is 18.3. The van der Waals surface area contributed by atoms with Crippen molar-refractivity contribution >= 4 is 21.1 Å². The van der Waals surface area contributed by atoms with Crippen molar-refractivity contribution in [2.75, 3.05) is 26.7 Å². The van der Waals surface area contributed by atoms with Gasteiger partial charge in [0.1, 0.15) is 16.2 Å². The summed E-state index contributed by atoms with van der Waals surface area (Å²) in [6.45, 7) is 9.06. The Morgan fingerprint density at radius 3 is 2.31 bits per heavy atom. The largest absolute Gasteiger partial charge is 0.857 e. The van der Waals surface area contributed by atoms with Crippen LogP contribution in [0.2, 0.25) is 0 Å². The maximum absolute atomic E-state index is 13.6. The van der Waals surface area contributed by atoms with Crippen molar-refractivity contribution in [3.05, 3.63) is 28.8 Å². The number of hydrogen-bond acceptors (Lipinski definition) is 9. The molecule has 14 nitrogen and oxygen atoms in total. The van der Waals surface area contributed by atoms with Gasteiger partial charge in [0.05, 0.1) is 28.3 Å². The maximum Gasteiger partial charge on any atom is 0.472 e. The molecule has 214 valence electrons. The Bertz CT molecular complexity index is 1430. The van der Waals surface area contributed by atoms with Crippen LogP contribution in [0.15, 0.2) is 23.1 Å². The van der Waals surface area contributed by atoms with E-state index in [2.05, 4.69) is 20.0 Å². The molecular formula is C24H35N7O7S. The molecule has 0 bridgehead atoms. The molecule has 1 aromatic carbocycles. The smallest absolute Gasteiger partial charge is 0.472 e. The van der Waals surface area contributed by atoms with Crippen LogP contribution in [0.5, 0.6) is 11.6 Å². The number of aryl methyl sites for hydroxylation is 2. The molecule has 0 unspecified atom stereocenters. The molecule has 1 saturated heterocycles. The molecule has 1 aliphatic rings. The lowest BCUT2D eigenvalue weighted by molar-refractivity contribution is -0.969. The van der Waals surface area contributed by atoms with Gasteiger partial charge >= 0.3 is 5.09 Å². The Hall–Kier alpha value is -3.56. The Labute approximate surface area is 227 Å². The molecule has 0 aliphatic carbocycles. The first-order valence-corrected chi connectivity index (χ1v) is 14.0. The van der Waals surface area contributed by atoms with E-state index in [0.29, 0.717) is 54.2 Å². The van der Waals surface area contributed by atoms with E-state index in [0.717, 1.165) is 6.42 Å². The number of aromatic nitrogens is 4. The van der Waals surface area contributed by atoms with Gasteiger partial charge in [0, 0.05) is 38.1 Å². The van der Waals surface area contributed by atoms with Crippen LogP contribution in [0.25, 0.3) is 22.4 Å². The minimum absolute atomic E-state index is 0.0898. The number of fused-ring (bicyclic) bond motifs is 1. The fraction of sp³-hybridized carbons (Fsp3) is 0.542. The molecule has 0 spiro atoms. The Kier molecular flexibility index (Phi) is 9.30. The van der Waals surface area contributed by atoms with Crippen molar-refractivity contribution < 1.29 is 33.8 Å². The number of nitrogens with zero attached hydrogens (tertiary/aromatic N) is 7. The van der Waals surface area contributed by atoms with Crippen LogP contribution in [-0.2, 0) is 23.5 Å². The van der Waals surface area contributed by atoms with Crippen molar-refractivity contribution in [2.24, 2.45) is 7.05 Å². The third-order valence-electron chi connectivity index (χ3n) is 6.66. The van der Waals surface area contributed by atoms with Crippen molar-refractivity contribution in [3.8, 4) is 23.0 Å². The Morgan fingerprint density at radius 2 is 1.74 bits per heavy atom. The fourth-order valence-corrected chi connectivity index (χ4v) is 6.19. The molecule has 2 aromatic heterocycles. The van der Waals surface area contributed by atoms with Gasteiger partial charge in [0.2, 0.25) is 10.0 Å². The quantitative estimate of drug-likeness (QED) is 0.399. The monoisotopic (exact) mass is 565 g/mol. The van der Waals surface area contributed by atoms with Gasteiger partial charge in [-0.2, -0.15) is 9.40 Å². The molecule has 4 rings (SSSR count). The molecule has 1 aliphatic heterocycles. The summed E-state index contributed by atoms with van der Waals surface area (Å²) >= 11 is 0. The number of rotatable bonds is 7. The summed E-state index contributed by atoms with van der Waals surface area (Å²) in [4.78, 5) is 19.6. The van der Waals surface area contributed by atoms with E-state index in [1.54, 1.807) is 19.2 Å². The van der Waals surface area contributed by atoms with Crippen LogP contribution >= 0.6 is 0 Å². The Balaban J connectivity index is 0.000000983. The van der Waals surface area contributed by atoms with Gasteiger partial charge < -0.3 is 9.84 Å². The van der Waals surface area contributed by atoms with E-state index in [1.165, 1.54) is 15.1 Å². The molecule has 0 radical (unpaired) electrons. The zero-order chi connectivity index (χ0) is 29.1. The summed E-state index contributed by atoms with van der Waals surface area (Å²) in [7, 11) is -0.0732. The first-order valence-electron chi connectivity index (χ1n) is 12.6. The second-order valence-corrected chi connectivity index (χ2v) is 11.3. The predicted octanol–water partition coefficient (Wildman–Crippen LogP) is 1.71. The summed E-state index contributed by atoms with van der Waals surface area (Å²) < 4.78 is 36.0. The standard InChI is InChI=1S/C24H34N6O4S.H2NO3/c1-7-9-19-21-22(29(6)27-19)24(31)26-23(25-21)18-12-17(10-11-20(18)34-8-2)35(32,33)30-13-15(3)28(5)16(4)14-30;2-1(3)4/h10-12,15-16H,7-9,13-14H2,1-6H3,(H,25,26,31);(H2,2,3,4)/q;+1/p-1/t15-,16+;.